The van der Waals surface area contributed by atoms with E-state index in [0.29, 0.717) is 37.1 Å². The van der Waals surface area contributed by atoms with E-state index in [1.54, 1.807) is 24.4 Å². The van der Waals surface area contributed by atoms with E-state index in [9.17, 15) is 23.1 Å². The number of aromatic nitrogens is 3. The first-order valence-electron chi connectivity index (χ1n) is 10.7. The second-order valence-electron chi connectivity index (χ2n) is 8.55. The van der Waals surface area contributed by atoms with Gasteiger partial charge in [0.15, 0.2) is 0 Å². The fourth-order valence-corrected chi connectivity index (χ4v) is 4.17. The molecule has 1 aliphatic rings. The SMILES string of the molecule is Cc1cc(Nc2nccc(C(F)(F)F)n2)cc(-c2ccc([C@]3(O)CC[C@@H](C(=O)O)CC3)nc2)c1. The highest BCUT2D eigenvalue weighted by Gasteiger charge is 2.38. The van der Waals surface area contributed by atoms with Crippen LogP contribution in [0.2, 0.25) is 0 Å². The third kappa shape index (κ3) is 5.17. The zero-order valence-electron chi connectivity index (χ0n) is 18.3. The maximum Gasteiger partial charge on any atom is 0.433 e. The van der Waals surface area contributed by atoms with Crippen molar-refractivity contribution in [3.63, 3.8) is 0 Å². The van der Waals surface area contributed by atoms with Gasteiger partial charge in [0, 0.05) is 23.6 Å². The quantitative estimate of drug-likeness (QED) is 0.476. The van der Waals surface area contributed by atoms with Gasteiger partial charge in [0.25, 0.3) is 0 Å². The van der Waals surface area contributed by atoms with E-state index in [0.717, 1.165) is 29.0 Å². The average molecular weight is 472 g/mol. The summed E-state index contributed by atoms with van der Waals surface area (Å²) in [5.74, 6) is -1.46. The van der Waals surface area contributed by atoms with Gasteiger partial charge < -0.3 is 15.5 Å². The zero-order valence-corrected chi connectivity index (χ0v) is 18.3. The number of pyridine rings is 1. The largest absolute Gasteiger partial charge is 0.481 e. The standard InChI is InChI=1S/C24H23F3N4O3/c1-14-10-17(12-18(11-14)30-22-28-9-6-20(31-22)24(25,26)27)16-2-3-19(29-13-16)23(34)7-4-15(5-8-23)21(32)33/h2-3,6,9-13,15,34H,4-5,7-8H2,1H3,(H,32,33)(H,28,30,31)/t15-,23+. The highest BCUT2D eigenvalue weighted by molar-refractivity contribution is 5.71. The van der Waals surface area contributed by atoms with E-state index in [4.69, 9.17) is 5.11 Å². The predicted molar refractivity (Wildman–Crippen MR) is 118 cm³/mol. The van der Waals surface area contributed by atoms with Crippen molar-refractivity contribution < 1.29 is 28.2 Å². The average Bonchev–Trinajstić information content (AvgIpc) is 2.79. The van der Waals surface area contributed by atoms with Crippen molar-refractivity contribution in [2.45, 2.75) is 44.4 Å². The number of rotatable bonds is 5. The molecule has 0 spiro atoms. The Morgan fingerprint density at radius 1 is 1.09 bits per heavy atom. The van der Waals surface area contributed by atoms with Gasteiger partial charge in [0.05, 0.1) is 11.6 Å². The van der Waals surface area contributed by atoms with Gasteiger partial charge in [-0.15, -0.1) is 0 Å². The summed E-state index contributed by atoms with van der Waals surface area (Å²) >= 11 is 0. The van der Waals surface area contributed by atoms with Crippen LogP contribution < -0.4 is 5.32 Å². The Morgan fingerprint density at radius 2 is 1.82 bits per heavy atom. The fourth-order valence-electron chi connectivity index (χ4n) is 4.17. The highest BCUT2D eigenvalue weighted by atomic mass is 19.4. The van der Waals surface area contributed by atoms with Crippen LogP contribution in [0, 0.1) is 12.8 Å². The molecule has 10 heteroatoms. The van der Waals surface area contributed by atoms with Gasteiger partial charge in [0.2, 0.25) is 5.95 Å². The van der Waals surface area contributed by atoms with Crippen LogP contribution >= 0.6 is 0 Å². The second-order valence-corrected chi connectivity index (χ2v) is 8.55. The van der Waals surface area contributed by atoms with Crippen LogP contribution in [-0.4, -0.2) is 31.1 Å². The smallest absolute Gasteiger partial charge is 0.433 e. The second kappa shape index (κ2) is 9.02. The Balaban J connectivity index is 1.54. The minimum Gasteiger partial charge on any atom is -0.481 e. The Hall–Kier alpha value is -3.53. The number of hydrogen-bond acceptors (Lipinski definition) is 6. The fraction of sp³-hybridized carbons (Fsp3) is 0.333. The minimum atomic E-state index is -4.57. The monoisotopic (exact) mass is 472 g/mol. The molecule has 3 N–H and O–H groups in total. The van der Waals surface area contributed by atoms with Crippen molar-refractivity contribution in [1.82, 2.24) is 15.0 Å². The molecule has 178 valence electrons. The predicted octanol–water partition coefficient (Wildman–Crippen LogP) is 5.07. The van der Waals surface area contributed by atoms with Crippen LogP contribution in [0.1, 0.15) is 42.6 Å². The molecule has 7 nitrogen and oxygen atoms in total. The van der Waals surface area contributed by atoms with E-state index < -0.39 is 29.4 Å². The number of carbonyl (C=O) groups is 1. The first-order chi connectivity index (χ1) is 16.0. The van der Waals surface area contributed by atoms with E-state index >= 15 is 0 Å². The molecule has 0 amide bonds. The Bertz CT molecular complexity index is 1190. The number of benzene rings is 1. The first kappa shape index (κ1) is 23.6. The van der Waals surface area contributed by atoms with Gasteiger partial charge in [-0.3, -0.25) is 9.78 Å². The molecule has 1 aliphatic carbocycles. The van der Waals surface area contributed by atoms with Crippen molar-refractivity contribution in [3.8, 4) is 11.1 Å². The van der Waals surface area contributed by atoms with Gasteiger partial charge in [-0.25, -0.2) is 9.97 Å². The van der Waals surface area contributed by atoms with E-state index in [2.05, 4.69) is 20.3 Å². The summed E-state index contributed by atoms with van der Waals surface area (Å²) in [5.41, 5.74) is 1.20. The lowest BCUT2D eigenvalue weighted by atomic mass is 9.77. The molecule has 4 rings (SSSR count). The minimum absolute atomic E-state index is 0.168. The molecule has 2 heterocycles. The molecule has 2 aromatic heterocycles. The van der Waals surface area contributed by atoms with E-state index in [-0.39, 0.29) is 5.95 Å². The number of aliphatic carboxylic acids is 1. The van der Waals surface area contributed by atoms with Crippen molar-refractivity contribution in [1.29, 1.82) is 0 Å². The maximum atomic E-state index is 12.9. The molecule has 0 saturated heterocycles. The molecular formula is C24H23F3N4O3. The molecule has 0 radical (unpaired) electrons. The third-order valence-corrected chi connectivity index (χ3v) is 6.02. The van der Waals surface area contributed by atoms with Crippen molar-refractivity contribution in [3.05, 3.63) is 65.7 Å². The van der Waals surface area contributed by atoms with E-state index in [1.165, 1.54) is 0 Å². The van der Waals surface area contributed by atoms with Crippen LogP contribution in [-0.2, 0) is 16.6 Å². The Labute approximate surface area is 193 Å². The van der Waals surface area contributed by atoms with Gasteiger partial charge in [-0.1, -0.05) is 12.1 Å². The molecule has 34 heavy (non-hydrogen) atoms. The van der Waals surface area contributed by atoms with Crippen LogP contribution in [0.4, 0.5) is 24.8 Å². The number of alkyl halides is 3. The summed E-state index contributed by atoms with van der Waals surface area (Å²) in [5, 5.41) is 23.0. The van der Waals surface area contributed by atoms with Gasteiger partial charge in [0.1, 0.15) is 11.3 Å². The van der Waals surface area contributed by atoms with Crippen molar-refractivity contribution >= 4 is 17.6 Å². The van der Waals surface area contributed by atoms with E-state index in [1.807, 2.05) is 19.1 Å². The molecule has 1 aromatic carbocycles. The number of hydrogen-bond donors (Lipinski definition) is 3. The summed E-state index contributed by atoms with van der Waals surface area (Å²) in [6.45, 7) is 1.85. The molecular weight excluding hydrogens is 449 g/mol. The normalized spacial score (nSPS) is 20.7. The molecule has 0 aliphatic heterocycles. The van der Waals surface area contributed by atoms with Gasteiger partial charge in [-0.05, 0) is 68.0 Å². The first-order valence-corrected chi connectivity index (χ1v) is 10.7. The zero-order chi connectivity index (χ0) is 24.5. The highest BCUT2D eigenvalue weighted by Crippen LogP contribution is 2.39. The van der Waals surface area contributed by atoms with Crippen LogP contribution in [0.3, 0.4) is 0 Å². The summed E-state index contributed by atoms with van der Waals surface area (Å²) < 4.78 is 38.8. The number of nitrogens with zero attached hydrogens (tertiary/aromatic N) is 3. The number of carboxylic acid groups (broad SMARTS) is 1. The van der Waals surface area contributed by atoms with Gasteiger partial charge in [-0.2, -0.15) is 13.2 Å². The molecule has 0 atom stereocenters. The number of halogens is 3. The maximum absolute atomic E-state index is 12.9. The molecule has 0 unspecified atom stereocenters. The number of nitrogens with one attached hydrogen (secondary N) is 1. The summed E-state index contributed by atoms with van der Waals surface area (Å²) in [4.78, 5) is 23.0. The van der Waals surface area contributed by atoms with Crippen molar-refractivity contribution in [2.24, 2.45) is 5.92 Å². The van der Waals surface area contributed by atoms with Gasteiger partial charge >= 0.3 is 12.1 Å². The number of carboxylic acids is 1. The summed E-state index contributed by atoms with van der Waals surface area (Å²) in [7, 11) is 0. The molecule has 3 aromatic rings. The van der Waals surface area contributed by atoms with Crippen LogP contribution in [0.5, 0.6) is 0 Å². The Kier molecular flexibility index (Phi) is 6.26. The summed E-state index contributed by atoms with van der Waals surface area (Å²) in [6.07, 6.45) is -0.471. The lowest BCUT2D eigenvalue weighted by molar-refractivity contribution is -0.145. The number of aliphatic hydroxyl groups is 1. The topological polar surface area (TPSA) is 108 Å². The summed E-state index contributed by atoms with van der Waals surface area (Å²) in [6, 6.07) is 9.76. The third-order valence-electron chi connectivity index (χ3n) is 6.02. The van der Waals surface area contributed by atoms with Crippen LogP contribution in [0.25, 0.3) is 11.1 Å². The number of anilines is 2. The Morgan fingerprint density at radius 3 is 2.44 bits per heavy atom. The molecule has 1 saturated carbocycles. The number of aryl methyl sites for hydroxylation is 1. The lowest BCUT2D eigenvalue weighted by Crippen LogP contribution is -2.34. The van der Waals surface area contributed by atoms with Crippen LogP contribution in [0.15, 0.2) is 48.8 Å². The molecule has 0 bridgehead atoms. The lowest BCUT2D eigenvalue weighted by Gasteiger charge is -2.34. The molecule has 1 fully saturated rings. The van der Waals surface area contributed by atoms with Crippen molar-refractivity contribution in [2.75, 3.05) is 5.32 Å².